The summed E-state index contributed by atoms with van der Waals surface area (Å²) < 4.78 is 7.88. The molecule has 1 atom stereocenters. The number of nitrogens with zero attached hydrogens (tertiary/aromatic N) is 3. The molecule has 0 N–H and O–H groups in total. The lowest BCUT2D eigenvalue weighted by molar-refractivity contribution is -0.134. The first-order valence-electron chi connectivity index (χ1n) is 9.35. The Bertz CT molecular complexity index is 817. The molecule has 1 aromatic heterocycles. The monoisotopic (exact) mass is 373 g/mol. The van der Waals surface area contributed by atoms with Gasteiger partial charge in [0.1, 0.15) is 11.6 Å². The number of fused-ring (bicyclic) bond motifs is 1. The quantitative estimate of drug-likeness (QED) is 0.821. The van der Waals surface area contributed by atoms with Crippen LogP contribution in [0.5, 0.6) is 5.75 Å². The van der Waals surface area contributed by atoms with Crippen LogP contribution in [-0.2, 0) is 24.7 Å². The van der Waals surface area contributed by atoms with Crippen LogP contribution in [-0.4, -0.2) is 33.5 Å². The van der Waals surface area contributed by atoms with Crippen molar-refractivity contribution in [3.8, 4) is 5.75 Å². The van der Waals surface area contributed by atoms with Gasteiger partial charge in [0.2, 0.25) is 0 Å². The van der Waals surface area contributed by atoms with E-state index in [1.54, 1.807) is 12.1 Å². The summed E-state index contributed by atoms with van der Waals surface area (Å²) in [4.78, 5) is 19.6. The van der Waals surface area contributed by atoms with Crippen LogP contribution in [0.4, 0.5) is 0 Å². The lowest BCUT2D eigenvalue weighted by Crippen LogP contribution is -2.35. The highest BCUT2D eigenvalue weighted by atomic mass is 35.5. The summed E-state index contributed by atoms with van der Waals surface area (Å²) in [7, 11) is 2.09. The molecule has 0 saturated carbocycles. The van der Waals surface area contributed by atoms with Gasteiger partial charge in [-0.2, -0.15) is 0 Å². The van der Waals surface area contributed by atoms with E-state index in [0.29, 0.717) is 10.8 Å². The zero-order valence-electron chi connectivity index (χ0n) is 15.1. The van der Waals surface area contributed by atoms with Crippen LogP contribution in [0.25, 0.3) is 0 Å². The Labute approximate surface area is 158 Å². The van der Waals surface area contributed by atoms with Gasteiger partial charge in [0.25, 0.3) is 5.91 Å². The molecule has 1 aromatic carbocycles. The molecule has 1 aliphatic heterocycles. The van der Waals surface area contributed by atoms with Crippen LogP contribution >= 0.6 is 11.6 Å². The van der Waals surface area contributed by atoms with Crippen molar-refractivity contribution >= 4 is 17.5 Å². The summed E-state index contributed by atoms with van der Waals surface area (Å²) in [5.41, 5.74) is 2.57. The second kappa shape index (κ2) is 7.31. The Morgan fingerprint density at radius 2 is 2.15 bits per heavy atom. The van der Waals surface area contributed by atoms with Gasteiger partial charge in [-0.05, 0) is 56.7 Å². The van der Waals surface area contributed by atoms with Gasteiger partial charge in [-0.1, -0.05) is 17.7 Å². The lowest BCUT2D eigenvalue weighted by atomic mass is 10.0. The molecule has 1 fully saturated rings. The molecular formula is C20H24ClN3O2. The van der Waals surface area contributed by atoms with Gasteiger partial charge in [0.05, 0.1) is 11.7 Å². The molecule has 2 aromatic rings. The fourth-order valence-electron chi connectivity index (χ4n) is 4.12. The topological polar surface area (TPSA) is 47.4 Å². The number of benzene rings is 1. The van der Waals surface area contributed by atoms with E-state index in [0.717, 1.165) is 38.1 Å². The second-order valence-corrected chi connectivity index (χ2v) is 7.56. The molecule has 1 amide bonds. The summed E-state index contributed by atoms with van der Waals surface area (Å²) in [6.45, 7) is 0.793. The third-order valence-corrected chi connectivity index (χ3v) is 5.67. The van der Waals surface area contributed by atoms with Crippen LogP contribution in [0, 0.1) is 0 Å². The maximum atomic E-state index is 12.8. The average Bonchev–Trinajstić information content (AvgIpc) is 3.25. The molecule has 1 aliphatic carbocycles. The highest BCUT2D eigenvalue weighted by Crippen LogP contribution is 2.34. The Balaban J connectivity index is 1.48. The first-order chi connectivity index (χ1) is 12.6. The van der Waals surface area contributed by atoms with Crippen molar-refractivity contribution in [1.82, 2.24) is 14.5 Å². The third-order valence-electron chi connectivity index (χ3n) is 5.44. The molecule has 0 radical (unpaired) electrons. The SMILES string of the molecule is Cn1c(C2CCCN2C(=O)COc2cccc(Cl)c2)nc2c1CCCC2. The third kappa shape index (κ3) is 3.32. The molecule has 4 rings (SSSR count). The number of hydrogen-bond acceptors (Lipinski definition) is 3. The molecule has 6 heteroatoms. The number of aromatic nitrogens is 2. The van der Waals surface area contributed by atoms with Crippen molar-refractivity contribution in [3.05, 3.63) is 46.5 Å². The van der Waals surface area contributed by atoms with Crippen molar-refractivity contribution in [2.45, 2.75) is 44.6 Å². The Morgan fingerprint density at radius 1 is 1.31 bits per heavy atom. The molecular weight excluding hydrogens is 350 g/mol. The Kier molecular flexibility index (Phi) is 4.90. The van der Waals surface area contributed by atoms with Crippen molar-refractivity contribution in [2.24, 2.45) is 7.05 Å². The van der Waals surface area contributed by atoms with E-state index >= 15 is 0 Å². The minimum Gasteiger partial charge on any atom is -0.484 e. The number of likely N-dealkylation sites (tertiary alicyclic amines) is 1. The van der Waals surface area contributed by atoms with Crippen LogP contribution in [0.15, 0.2) is 24.3 Å². The molecule has 2 aliphatic rings. The number of halogens is 1. The predicted octanol–water partition coefficient (Wildman–Crippen LogP) is 3.69. The van der Waals surface area contributed by atoms with E-state index in [2.05, 4.69) is 11.6 Å². The van der Waals surface area contributed by atoms with E-state index in [9.17, 15) is 4.79 Å². The summed E-state index contributed by atoms with van der Waals surface area (Å²) in [5.74, 6) is 1.66. The number of rotatable bonds is 4. The fraction of sp³-hybridized carbons (Fsp3) is 0.500. The van der Waals surface area contributed by atoms with Gasteiger partial charge in [0, 0.05) is 24.3 Å². The van der Waals surface area contributed by atoms with Crippen molar-refractivity contribution in [1.29, 1.82) is 0 Å². The lowest BCUT2D eigenvalue weighted by Gasteiger charge is -2.24. The fourth-order valence-corrected chi connectivity index (χ4v) is 4.30. The van der Waals surface area contributed by atoms with Gasteiger partial charge < -0.3 is 14.2 Å². The first-order valence-corrected chi connectivity index (χ1v) is 9.73. The molecule has 0 bridgehead atoms. The second-order valence-electron chi connectivity index (χ2n) is 7.12. The Hall–Kier alpha value is -2.01. The molecule has 5 nitrogen and oxygen atoms in total. The molecule has 1 saturated heterocycles. The normalized spacial score (nSPS) is 19.5. The smallest absolute Gasteiger partial charge is 0.261 e. The first kappa shape index (κ1) is 17.4. The maximum absolute atomic E-state index is 12.8. The molecule has 138 valence electrons. The van der Waals surface area contributed by atoms with Gasteiger partial charge in [-0.3, -0.25) is 4.79 Å². The molecule has 26 heavy (non-hydrogen) atoms. The summed E-state index contributed by atoms with van der Waals surface area (Å²) in [5, 5.41) is 0.604. The van der Waals surface area contributed by atoms with E-state index in [4.69, 9.17) is 21.3 Å². The van der Waals surface area contributed by atoms with Gasteiger partial charge in [0.15, 0.2) is 6.61 Å². The van der Waals surface area contributed by atoms with E-state index in [1.165, 1.54) is 24.2 Å². The van der Waals surface area contributed by atoms with E-state index in [1.807, 2.05) is 17.0 Å². The maximum Gasteiger partial charge on any atom is 0.261 e. The van der Waals surface area contributed by atoms with Gasteiger partial charge >= 0.3 is 0 Å². The number of hydrogen-bond donors (Lipinski definition) is 0. The van der Waals surface area contributed by atoms with E-state index in [-0.39, 0.29) is 18.6 Å². The number of imidazole rings is 1. The molecule has 0 spiro atoms. The standard InChI is InChI=1S/C20H24ClN3O2/c1-23-17-9-3-2-8-16(17)22-20(23)18-10-5-11-24(18)19(25)13-26-15-7-4-6-14(21)12-15/h4,6-7,12,18H,2-3,5,8-11,13H2,1H3. The zero-order chi connectivity index (χ0) is 18.1. The van der Waals surface area contributed by atoms with Crippen LogP contribution in [0.2, 0.25) is 5.02 Å². The van der Waals surface area contributed by atoms with E-state index < -0.39 is 0 Å². The van der Waals surface area contributed by atoms with Gasteiger partial charge in [-0.15, -0.1) is 0 Å². The number of aryl methyl sites for hydroxylation is 1. The van der Waals surface area contributed by atoms with Crippen molar-refractivity contribution < 1.29 is 9.53 Å². The molecule has 1 unspecified atom stereocenters. The minimum atomic E-state index is 0.00782. The van der Waals surface area contributed by atoms with Crippen LogP contribution in [0.3, 0.4) is 0 Å². The highest BCUT2D eigenvalue weighted by Gasteiger charge is 2.34. The number of carbonyl (C=O) groups is 1. The largest absolute Gasteiger partial charge is 0.484 e. The minimum absolute atomic E-state index is 0.00782. The molecule has 2 heterocycles. The van der Waals surface area contributed by atoms with Crippen molar-refractivity contribution in [2.75, 3.05) is 13.2 Å². The van der Waals surface area contributed by atoms with Crippen LogP contribution < -0.4 is 4.74 Å². The van der Waals surface area contributed by atoms with Crippen molar-refractivity contribution in [3.63, 3.8) is 0 Å². The Morgan fingerprint density at radius 3 is 2.96 bits per heavy atom. The number of ether oxygens (including phenoxy) is 1. The highest BCUT2D eigenvalue weighted by molar-refractivity contribution is 6.30. The van der Waals surface area contributed by atoms with Crippen LogP contribution in [0.1, 0.15) is 48.9 Å². The number of carbonyl (C=O) groups excluding carboxylic acids is 1. The summed E-state index contributed by atoms with van der Waals surface area (Å²) in [6.07, 6.45) is 6.56. The summed E-state index contributed by atoms with van der Waals surface area (Å²) in [6, 6.07) is 7.20. The zero-order valence-corrected chi connectivity index (χ0v) is 15.8. The number of amides is 1. The average molecular weight is 374 g/mol. The summed E-state index contributed by atoms with van der Waals surface area (Å²) >= 11 is 5.97. The van der Waals surface area contributed by atoms with Gasteiger partial charge in [-0.25, -0.2) is 4.98 Å². The predicted molar refractivity (Wildman–Crippen MR) is 100 cm³/mol.